The van der Waals surface area contributed by atoms with Crippen LogP contribution in [0.3, 0.4) is 0 Å². The van der Waals surface area contributed by atoms with Gasteiger partial charge in [-0.15, -0.1) is 0 Å². The van der Waals surface area contributed by atoms with E-state index < -0.39 is 0 Å². The summed E-state index contributed by atoms with van der Waals surface area (Å²) in [4.78, 5) is 11.8. The Hall–Kier alpha value is -1.55. The summed E-state index contributed by atoms with van der Waals surface area (Å²) < 4.78 is 5.12. The summed E-state index contributed by atoms with van der Waals surface area (Å²) in [5.41, 5.74) is 0.578. The maximum absolute atomic E-state index is 11.8. The van der Waals surface area contributed by atoms with Crippen molar-refractivity contribution in [3.8, 4) is 5.75 Å². The number of methoxy groups -OCH3 is 1. The van der Waals surface area contributed by atoms with Gasteiger partial charge in [-0.25, -0.2) is 0 Å². The lowest BCUT2D eigenvalue weighted by atomic mass is 10.2. The molecule has 0 aromatic heterocycles. The quantitative estimate of drug-likeness (QED) is 0.707. The van der Waals surface area contributed by atoms with E-state index in [0.717, 1.165) is 13.0 Å². The summed E-state index contributed by atoms with van der Waals surface area (Å²) in [6, 6.07) is 7.20. The van der Waals surface area contributed by atoms with Gasteiger partial charge in [0.25, 0.3) is 5.91 Å². The van der Waals surface area contributed by atoms with Crippen LogP contribution in [0.1, 0.15) is 16.8 Å². The van der Waals surface area contributed by atoms with Crippen LogP contribution in [0.4, 0.5) is 0 Å². The Morgan fingerprint density at radius 3 is 2.75 bits per heavy atom. The van der Waals surface area contributed by atoms with E-state index in [1.54, 1.807) is 19.2 Å². The second kappa shape index (κ2) is 6.85. The summed E-state index contributed by atoms with van der Waals surface area (Å²) in [6.07, 6.45) is 0.914. The van der Waals surface area contributed by atoms with E-state index in [4.69, 9.17) is 4.74 Å². The molecule has 0 saturated heterocycles. The fourth-order valence-corrected chi connectivity index (χ4v) is 1.39. The molecule has 0 bridgehead atoms. The average Bonchev–Trinajstić information content (AvgIpc) is 2.34. The van der Waals surface area contributed by atoms with Gasteiger partial charge in [0, 0.05) is 6.54 Å². The van der Waals surface area contributed by atoms with Crippen molar-refractivity contribution in [3.05, 3.63) is 29.8 Å². The molecule has 2 N–H and O–H groups in total. The van der Waals surface area contributed by atoms with Crippen molar-refractivity contribution in [2.75, 3.05) is 27.2 Å². The lowest BCUT2D eigenvalue weighted by Crippen LogP contribution is -2.26. The third-order valence-corrected chi connectivity index (χ3v) is 2.24. The molecule has 0 aliphatic heterocycles. The Labute approximate surface area is 96.0 Å². The normalized spacial score (nSPS) is 9.88. The number of carbonyl (C=O) groups is 1. The highest BCUT2D eigenvalue weighted by molar-refractivity contribution is 5.96. The summed E-state index contributed by atoms with van der Waals surface area (Å²) in [7, 11) is 3.45. The third-order valence-electron chi connectivity index (χ3n) is 2.24. The van der Waals surface area contributed by atoms with Crippen LogP contribution < -0.4 is 15.4 Å². The molecular formula is C12H18N2O2. The predicted octanol–water partition coefficient (Wildman–Crippen LogP) is 1.03. The molecule has 0 spiro atoms. The topological polar surface area (TPSA) is 50.4 Å². The first-order chi connectivity index (χ1) is 7.79. The fraction of sp³-hybridized carbons (Fsp3) is 0.417. The number of nitrogens with one attached hydrogen (secondary N) is 2. The average molecular weight is 222 g/mol. The third kappa shape index (κ3) is 3.55. The Morgan fingerprint density at radius 1 is 1.31 bits per heavy atom. The van der Waals surface area contributed by atoms with Gasteiger partial charge in [0.1, 0.15) is 5.75 Å². The second-order valence-electron chi connectivity index (χ2n) is 3.41. The maximum atomic E-state index is 11.8. The minimum atomic E-state index is -0.0893. The zero-order valence-electron chi connectivity index (χ0n) is 9.75. The van der Waals surface area contributed by atoms with E-state index in [1.165, 1.54) is 0 Å². The molecule has 1 aromatic carbocycles. The van der Waals surface area contributed by atoms with Crippen molar-refractivity contribution in [3.63, 3.8) is 0 Å². The van der Waals surface area contributed by atoms with Crippen LogP contribution in [0.2, 0.25) is 0 Å². The van der Waals surface area contributed by atoms with Crippen LogP contribution in [0.25, 0.3) is 0 Å². The van der Waals surface area contributed by atoms with E-state index in [-0.39, 0.29) is 5.91 Å². The SMILES string of the molecule is CNCCCNC(=O)c1ccccc1OC. The Morgan fingerprint density at radius 2 is 2.06 bits per heavy atom. The van der Waals surface area contributed by atoms with Crippen LogP contribution in [0.15, 0.2) is 24.3 Å². The lowest BCUT2D eigenvalue weighted by molar-refractivity contribution is 0.0950. The van der Waals surface area contributed by atoms with E-state index in [2.05, 4.69) is 10.6 Å². The van der Waals surface area contributed by atoms with Crippen molar-refractivity contribution in [1.29, 1.82) is 0 Å². The van der Waals surface area contributed by atoms with E-state index in [9.17, 15) is 4.79 Å². The van der Waals surface area contributed by atoms with E-state index in [0.29, 0.717) is 17.9 Å². The van der Waals surface area contributed by atoms with Gasteiger partial charge < -0.3 is 15.4 Å². The number of hydrogen-bond donors (Lipinski definition) is 2. The monoisotopic (exact) mass is 222 g/mol. The van der Waals surface area contributed by atoms with Crippen molar-refractivity contribution in [2.45, 2.75) is 6.42 Å². The van der Waals surface area contributed by atoms with Crippen LogP contribution in [0.5, 0.6) is 5.75 Å². The predicted molar refractivity (Wildman–Crippen MR) is 63.9 cm³/mol. The first kappa shape index (κ1) is 12.5. The van der Waals surface area contributed by atoms with Crippen molar-refractivity contribution in [2.24, 2.45) is 0 Å². The fourth-order valence-electron chi connectivity index (χ4n) is 1.39. The molecule has 0 radical (unpaired) electrons. The van der Waals surface area contributed by atoms with Gasteiger partial charge in [-0.1, -0.05) is 12.1 Å². The molecule has 88 valence electrons. The Bertz CT molecular complexity index is 340. The molecule has 0 fully saturated rings. The van der Waals surface area contributed by atoms with Gasteiger partial charge in [0.2, 0.25) is 0 Å². The Balaban J connectivity index is 2.52. The van der Waals surface area contributed by atoms with Crippen molar-refractivity contribution < 1.29 is 9.53 Å². The van der Waals surface area contributed by atoms with Gasteiger partial charge in [-0.2, -0.15) is 0 Å². The molecule has 0 atom stereocenters. The molecule has 1 aromatic rings. The number of para-hydroxylation sites is 1. The van der Waals surface area contributed by atoms with Crippen molar-refractivity contribution in [1.82, 2.24) is 10.6 Å². The molecule has 0 unspecified atom stereocenters. The molecule has 0 aliphatic rings. The molecule has 0 saturated carbocycles. The van der Waals surface area contributed by atoms with Gasteiger partial charge >= 0.3 is 0 Å². The minimum Gasteiger partial charge on any atom is -0.496 e. The van der Waals surface area contributed by atoms with Gasteiger partial charge in [-0.3, -0.25) is 4.79 Å². The van der Waals surface area contributed by atoms with Crippen molar-refractivity contribution >= 4 is 5.91 Å². The maximum Gasteiger partial charge on any atom is 0.255 e. The van der Waals surface area contributed by atoms with Gasteiger partial charge in [0.15, 0.2) is 0 Å². The first-order valence-corrected chi connectivity index (χ1v) is 5.35. The molecule has 4 heteroatoms. The van der Waals surface area contributed by atoms with Crippen LogP contribution >= 0.6 is 0 Å². The molecular weight excluding hydrogens is 204 g/mol. The number of rotatable bonds is 6. The van der Waals surface area contributed by atoms with Crippen LogP contribution in [-0.4, -0.2) is 33.2 Å². The van der Waals surface area contributed by atoms with Crippen LogP contribution in [-0.2, 0) is 0 Å². The molecule has 4 nitrogen and oxygen atoms in total. The molecule has 1 rings (SSSR count). The molecule has 1 amide bonds. The standard InChI is InChI=1S/C12H18N2O2/c1-13-8-5-9-14-12(15)10-6-3-4-7-11(10)16-2/h3-4,6-7,13H,5,8-9H2,1-2H3,(H,14,15). The number of amides is 1. The number of hydrogen-bond acceptors (Lipinski definition) is 3. The highest BCUT2D eigenvalue weighted by Gasteiger charge is 2.09. The molecule has 16 heavy (non-hydrogen) atoms. The zero-order valence-corrected chi connectivity index (χ0v) is 9.75. The van der Waals surface area contributed by atoms with E-state index >= 15 is 0 Å². The smallest absolute Gasteiger partial charge is 0.255 e. The van der Waals surface area contributed by atoms with Gasteiger partial charge in [-0.05, 0) is 32.1 Å². The Kier molecular flexibility index (Phi) is 5.36. The number of carbonyl (C=O) groups excluding carboxylic acids is 1. The number of benzene rings is 1. The molecule has 0 heterocycles. The summed E-state index contributed by atoms with van der Waals surface area (Å²) in [6.45, 7) is 1.56. The summed E-state index contributed by atoms with van der Waals surface area (Å²) in [5, 5.41) is 5.88. The number of ether oxygens (including phenoxy) is 1. The largest absolute Gasteiger partial charge is 0.496 e. The highest BCUT2D eigenvalue weighted by atomic mass is 16.5. The second-order valence-corrected chi connectivity index (χ2v) is 3.41. The lowest BCUT2D eigenvalue weighted by Gasteiger charge is -2.08. The summed E-state index contributed by atoms with van der Waals surface area (Å²) in [5.74, 6) is 0.516. The van der Waals surface area contributed by atoms with Crippen LogP contribution in [0, 0.1) is 0 Å². The minimum absolute atomic E-state index is 0.0893. The van der Waals surface area contributed by atoms with Gasteiger partial charge in [0.05, 0.1) is 12.7 Å². The summed E-state index contributed by atoms with van der Waals surface area (Å²) >= 11 is 0. The first-order valence-electron chi connectivity index (χ1n) is 5.35. The zero-order chi connectivity index (χ0) is 11.8. The highest BCUT2D eigenvalue weighted by Crippen LogP contribution is 2.16. The molecule has 0 aliphatic carbocycles. The van der Waals surface area contributed by atoms with E-state index in [1.807, 2.05) is 19.2 Å².